The average Bonchev–Trinajstić information content (AvgIpc) is 2.01. The lowest BCUT2D eigenvalue weighted by Crippen LogP contribution is -2.26. The first kappa shape index (κ1) is 6.86. The summed E-state index contributed by atoms with van der Waals surface area (Å²) in [5.41, 5.74) is 1.37. The van der Waals surface area contributed by atoms with Gasteiger partial charge in [0.1, 0.15) is 0 Å². The molecule has 1 N–H and O–H groups in total. The van der Waals surface area contributed by atoms with Crippen molar-refractivity contribution in [1.82, 2.24) is 0 Å². The topological polar surface area (TPSA) is 20.2 Å². The van der Waals surface area contributed by atoms with Gasteiger partial charge in [-0.05, 0) is 24.3 Å². The van der Waals surface area contributed by atoms with Crippen molar-refractivity contribution in [2.24, 2.45) is 0 Å². The van der Waals surface area contributed by atoms with Crippen molar-refractivity contribution in [2.45, 2.75) is 24.9 Å². The highest BCUT2D eigenvalue weighted by atomic mass is 16.3. The first-order valence-electron chi connectivity index (χ1n) is 4.09. The fourth-order valence-electron chi connectivity index (χ4n) is 1.59. The molecule has 11 heavy (non-hydrogen) atoms. The van der Waals surface area contributed by atoms with Crippen LogP contribution in [0.1, 0.15) is 24.3 Å². The van der Waals surface area contributed by atoms with Gasteiger partial charge in [-0.1, -0.05) is 30.3 Å². The number of hydrogen-bond acceptors (Lipinski definition) is 1. The van der Waals surface area contributed by atoms with Crippen molar-refractivity contribution in [3.63, 3.8) is 0 Å². The summed E-state index contributed by atoms with van der Waals surface area (Å²) >= 11 is 0. The zero-order valence-corrected chi connectivity index (χ0v) is 6.40. The summed E-state index contributed by atoms with van der Waals surface area (Å²) in [6, 6.07) is 10.4. The number of hydrogen-bond donors (Lipinski definition) is 1. The Morgan fingerprint density at radius 2 is 1.73 bits per heavy atom. The fourth-order valence-corrected chi connectivity index (χ4v) is 1.59. The quantitative estimate of drug-likeness (QED) is 0.645. The predicted molar refractivity (Wildman–Crippen MR) is 44.4 cm³/mol. The van der Waals surface area contributed by atoms with Crippen LogP contribution in [0.3, 0.4) is 0 Å². The molecule has 2 rings (SSSR count). The molecule has 0 aliphatic heterocycles. The summed E-state index contributed by atoms with van der Waals surface area (Å²) < 4.78 is 0. The minimum atomic E-state index is -0.0415. The fraction of sp³-hybridized carbons (Fsp3) is 0.400. The van der Waals surface area contributed by atoms with Crippen LogP contribution in [0.5, 0.6) is 0 Å². The van der Waals surface area contributed by atoms with Gasteiger partial charge >= 0.3 is 0 Å². The van der Waals surface area contributed by atoms with Crippen molar-refractivity contribution >= 4 is 0 Å². The second-order valence-corrected chi connectivity index (χ2v) is 3.23. The molecule has 0 bridgehead atoms. The first-order chi connectivity index (χ1) is 5.36. The molecule has 0 unspecified atom stereocenters. The second-order valence-electron chi connectivity index (χ2n) is 3.23. The van der Waals surface area contributed by atoms with Crippen LogP contribution < -0.4 is 0 Å². The van der Waals surface area contributed by atoms with Gasteiger partial charge in [0.15, 0.2) is 0 Å². The third kappa shape index (κ3) is 1.29. The van der Waals surface area contributed by atoms with Crippen molar-refractivity contribution in [3.8, 4) is 0 Å². The van der Waals surface area contributed by atoms with Crippen LogP contribution in [0.25, 0.3) is 0 Å². The monoisotopic (exact) mass is 148 g/mol. The molecule has 1 fully saturated rings. The molecule has 1 aromatic rings. The van der Waals surface area contributed by atoms with E-state index in [1.165, 1.54) is 5.56 Å². The number of aliphatic hydroxyl groups excluding tert-OH is 1. The molecule has 1 saturated carbocycles. The lowest BCUT2D eigenvalue weighted by molar-refractivity contribution is 0.0746. The SMILES string of the molecule is O[C@H]1C[C@@H](c2ccccc2)C1. The van der Waals surface area contributed by atoms with E-state index >= 15 is 0 Å². The number of benzene rings is 1. The Morgan fingerprint density at radius 3 is 2.27 bits per heavy atom. The van der Waals surface area contributed by atoms with Gasteiger partial charge in [-0.3, -0.25) is 0 Å². The van der Waals surface area contributed by atoms with E-state index in [2.05, 4.69) is 24.3 Å². The van der Waals surface area contributed by atoms with Crippen LogP contribution in [0, 0.1) is 0 Å². The van der Waals surface area contributed by atoms with Crippen LogP contribution in [-0.2, 0) is 0 Å². The number of rotatable bonds is 1. The van der Waals surface area contributed by atoms with E-state index in [0.29, 0.717) is 5.92 Å². The van der Waals surface area contributed by atoms with Gasteiger partial charge in [0.05, 0.1) is 6.10 Å². The summed E-state index contributed by atoms with van der Waals surface area (Å²) in [5.74, 6) is 0.617. The third-order valence-electron chi connectivity index (χ3n) is 2.38. The standard InChI is InChI=1S/C10H12O/c11-10-6-9(7-10)8-4-2-1-3-5-8/h1-5,9-11H,6-7H2/t9-,10+. The Kier molecular flexibility index (Phi) is 1.66. The zero-order chi connectivity index (χ0) is 7.68. The molecular weight excluding hydrogens is 136 g/mol. The van der Waals surface area contributed by atoms with Crippen LogP contribution in [0.2, 0.25) is 0 Å². The molecule has 1 aromatic carbocycles. The van der Waals surface area contributed by atoms with Crippen LogP contribution in [-0.4, -0.2) is 11.2 Å². The van der Waals surface area contributed by atoms with E-state index in [1.807, 2.05) is 6.07 Å². The smallest absolute Gasteiger partial charge is 0.0552 e. The minimum absolute atomic E-state index is 0.0415. The van der Waals surface area contributed by atoms with Gasteiger partial charge in [-0.15, -0.1) is 0 Å². The van der Waals surface area contributed by atoms with Gasteiger partial charge in [-0.2, -0.15) is 0 Å². The summed E-state index contributed by atoms with van der Waals surface area (Å²) in [7, 11) is 0. The van der Waals surface area contributed by atoms with Gasteiger partial charge in [0, 0.05) is 0 Å². The molecule has 0 amide bonds. The van der Waals surface area contributed by atoms with Crippen molar-refractivity contribution in [3.05, 3.63) is 35.9 Å². The molecule has 0 heterocycles. The van der Waals surface area contributed by atoms with E-state index in [1.54, 1.807) is 0 Å². The van der Waals surface area contributed by atoms with E-state index < -0.39 is 0 Å². The van der Waals surface area contributed by atoms with Crippen LogP contribution in [0.15, 0.2) is 30.3 Å². The van der Waals surface area contributed by atoms with Crippen molar-refractivity contribution in [1.29, 1.82) is 0 Å². The molecule has 0 spiro atoms. The maximum Gasteiger partial charge on any atom is 0.0552 e. The van der Waals surface area contributed by atoms with E-state index in [0.717, 1.165) is 12.8 Å². The lowest BCUT2D eigenvalue weighted by Gasteiger charge is -2.31. The Hall–Kier alpha value is -0.820. The predicted octanol–water partition coefficient (Wildman–Crippen LogP) is 1.92. The highest BCUT2D eigenvalue weighted by Gasteiger charge is 2.27. The third-order valence-corrected chi connectivity index (χ3v) is 2.38. The molecule has 0 atom stereocenters. The molecule has 1 aliphatic carbocycles. The Labute approximate surface area is 66.7 Å². The number of aliphatic hydroxyl groups is 1. The zero-order valence-electron chi connectivity index (χ0n) is 6.40. The Balaban J connectivity index is 2.08. The maximum atomic E-state index is 9.08. The van der Waals surface area contributed by atoms with Gasteiger partial charge in [0.2, 0.25) is 0 Å². The molecular formula is C10H12O. The van der Waals surface area contributed by atoms with E-state index in [9.17, 15) is 0 Å². The molecule has 58 valence electrons. The first-order valence-corrected chi connectivity index (χ1v) is 4.09. The highest BCUT2D eigenvalue weighted by molar-refractivity contribution is 5.22. The molecule has 0 radical (unpaired) electrons. The largest absolute Gasteiger partial charge is 0.393 e. The maximum absolute atomic E-state index is 9.08. The van der Waals surface area contributed by atoms with Gasteiger partial charge in [0.25, 0.3) is 0 Å². The second kappa shape index (κ2) is 2.67. The van der Waals surface area contributed by atoms with Crippen LogP contribution in [0.4, 0.5) is 0 Å². The normalized spacial score (nSPS) is 29.5. The summed E-state index contributed by atoms with van der Waals surface area (Å²) in [4.78, 5) is 0. The summed E-state index contributed by atoms with van der Waals surface area (Å²) in [5, 5.41) is 9.08. The molecule has 1 heteroatoms. The van der Waals surface area contributed by atoms with E-state index in [4.69, 9.17) is 5.11 Å². The average molecular weight is 148 g/mol. The van der Waals surface area contributed by atoms with Gasteiger partial charge < -0.3 is 5.11 Å². The van der Waals surface area contributed by atoms with Crippen molar-refractivity contribution < 1.29 is 5.11 Å². The Morgan fingerprint density at radius 1 is 1.09 bits per heavy atom. The summed E-state index contributed by atoms with van der Waals surface area (Å²) in [6.45, 7) is 0. The van der Waals surface area contributed by atoms with E-state index in [-0.39, 0.29) is 6.10 Å². The molecule has 1 aliphatic rings. The molecule has 0 saturated heterocycles. The molecule has 1 nitrogen and oxygen atoms in total. The lowest BCUT2D eigenvalue weighted by atomic mass is 9.78. The van der Waals surface area contributed by atoms with Crippen molar-refractivity contribution in [2.75, 3.05) is 0 Å². The molecule has 0 aromatic heterocycles. The highest BCUT2D eigenvalue weighted by Crippen LogP contribution is 2.36. The van der Waals surface area contributed by atoms with Gasteiger partial charge in [-0.25, -0.2) is 0 Å². The van der Waals surface area contributed by atoms with Crippen LogP contribution >= 0.6 is 0 Å². The Bertz CT molecular complexity index is 224. The minimum Gasteiger partial charge on any atom is -0.393 e. The summed E-state index contributed by atoms with van der Waals surface area (Å²) in [6.07, 6.45) is 1.86.